The summed E-state index contributed by atoms with van der Waals surface area (Å²) >= 11 is 0. The van der Waals surface area contributed by atoms with Gasteiger partial charge in [-0.2, -0.15) is 5.10 Å². The van der Waals surface area contributed by atoms with Gasteiger partial charge in [-0.25, -0.2) is 5.43 Å². The van der Waals surface area contributed by atoms with Crippen LogP contribution in [0.4, 0.5) is 0 Å². The third kappa shape index (κ3) is 5.99. The lowest BCUT2D eigenvalue weighted by Crippen LogP contribution is -2.17. The first-order valence-corrected chi connectivity index (χ1v) is 9.54. The van der Waals surface area contributed by atoms with Crippen LogP contribution in [0.25, 0.3) is 0 Å². The number of hydrazone groups is 1. The molecule has 0 saturated heterocycles. The van der Waals surface area contributed by atoms with Crippen LogP contribution in [-0.4, -0.2) is 33.5 Å². The van der Waals surface area contributed by atoms with Crippen LogP contribution in [0.2, 0.25) is 0 Å². The van der Waals surface area contributed by atoms with Gasteiger partial charge in [0.25, 0.3) is 5.91 Å². The van der Waals surface area contributed by atoms with E-state index in [1.54, 1.807) is 37.4 Å². The number of rotatable bonds is 9. The number of hydrogen-bond donors (Lipinski definition) is 1. The van der Waals surface area contributed by atoms with Crippen molar-refractivity contribution in [1.29, 1.82) is 0 Å². The van der Waals surface area contributed by atoms with Crippen LogP contribution >= 0.6 is 0 Å². The molecule has 0 aromatic heterocycles. The molecule has 31 heavy (non-hydrogen) atoms. The van der Waals surface area contributed by atoms with E-state index in [1.807, 2.05) is 36.4 Å². The molecular formula is C24H24N2O5. The van der Waals surface area contributed by atoms with Crippen molar-refractivity contribution in [2.45, 2.75) is 6.61 Å². The number of nitrogens with one attached hydrogen (secondary N) is 1. The Morgan fingerprint density at radius 1 is 0.871 bits per heavy atom. The quantitative estimate of drug-likeness (QED) is 0.417. The van der Waals surface area contributed by atoms with Crippen LogP contribution in [0, 0.1) is 0 Å². The zero-order chi connectivity index (χ0) is 22.1. The van der Waals surface area contributed by atoms with Crippen molar-refractivity contribution in [2.24, 2.45) is 5.10 Å². The Kier molecular flexibility index (Phi) is 7.48. The van der Waals surface area contributed by atoms with Crippen molar-refractivity contribution >= 4 is 12.1 Å². The summed E-state index contributed by atoms with van der Waals surface area (Å²) < 4.78 is 21.6. The fourth-order valence-corrected chi connectivity index (χ4v) is 2.79. The van der Waals surface area contributed by atoms with E-state index >= 15 is 0 Å². The Morgan fingerprint density at radius 3 is 2.23 bits per heavy atom. The Bertz CT molecular complexity index is 1030. The maximum Gasteiger partial charge on any atom is 0.271 e. The fraction of sp³-hybridized carbons (Fsp3) is 0.167. The predicted octanol–water partition coefficient (Wildman–Crippen LogP) is 4.06. The summed E-state index contributed by atoms with van der Waals surface area (Å²) in [7, 11) is 4.62. The van der Waals surface area contributed by atoms with E-state index in [9.17, 15) is 4.79 Å². The molecule has 0 aliphatic rings. The minimum absolute atomic E-state index is 0.371. The van der Waals surface area contributed by atoms with Crippen molar-refractivity contribution in [2.75, 3.05) is 21.3 Å². The molecule has 160 valence electrons. The summed E-state index contributed by atoms with van der Waals surface area (Å²) in [5.74, 6) is 1.84. The molecule has 0 aliphatic carbocycles. The number of methoxy groups -OCH3 is 3. The summed E-state index contributed by atoms with van der Waals surface area (Å²) in [6, 6.07) is 20.2. The highest BCUT2D eigenvalue weighted by Gasteiger charge is 2.09. The van der Waals surface area contributed by atoms with Crippen molar-refractivity contribution in [3.05, 3.63) is 83.4 Å². The molecule has 0 radical (unpaired) electrons. The number of ether oxygens (including phenoxy) is 4. The normalized spacial score (nSPS) is 10.5. The molecule has 3 rings (SSSR count). The highest BCUT2D eigenvalue weighted by Crippen LogP contribution is 2.28. The Hall–Kier alpha value is -4.00. The van der Waals surface area contributed by atoms with Crippen LogP contribution < -0.4 is 24.4 Å². The summed E-state index contributed by atoms with van der Waals surface area (Å²) in [6.45, 7) is 0.435. The van der Waals surface area contributed by atoms with Gasteiger partial charge < -0.3 is 18.9 Å². The van der Waals surface area contributed by atoms with E-state index in [0.717, 1.165) is 11.1 Å². The molecular weight excluding hydrogens is 396 g/mol. The maximum absolute atomic E-state index is 12.4. The molecule has 0 heterocycles. The zero-order valence-electron chi connectivity index (χ0n) is 17.6. The molecule has 0 unspecified atom stereocenters. The molecule has 0 aliphatic heterocycles. The molecule has 3 aromatic carbocycles. The number of carbonyl (C=O) groups excluding carboxylic acids is 1. The zero-order valence-corrected chi connectivity index (χ0v) is 17.6. The number of benzene rings is 3. The number of amides is 1. The van der Waals surface area contributed by atoms with Crippen LogP contribution in [-0.2, 0) is 6.61 Å². The molecule has 7 heteroatoms. The van der Waals surface area contributed by atoms with Crippen LogP contribution in [0.5, 0.6) is 23.0 Å². The van der Waals surface area contributed by atoms with Gasteiger partial charge in [0.05, 0.1) is 27.5 Å². The average Bonchev–Trinajstić information content (AvgIpc) is 2.83. The van der Waals surface area contributed by atoms with Gasteiger partial charge >= 0.3 is 0 Å². The largest absolute Gasteiger partial charge is 0.497 e. The highest BCUT2D eigenvalue weighted by molar-refractivity contribution is 5.95. The number of carbonyl (C=O) groups is 1. The van der Waals surface area contributed by atoms with Crippen molar-refractivity contribution < 1.29 is 23.7 Å². The fourth-order valence-electron chi connectivity index (χ4n) is 2.79. The molecule has 0 bridgehead atoms. The third-order valence-corrected chi connectivity index (χ3v) is 4.42. The van der Waals surface area contributed by atoms with Gasteiger partial charge in [0.1, 0.15) is 18.1 Å². The Balaban J connectivity index is 1.65. The van der Waals surface area contributed by atoms with E-state index < -0.39 is 0 Å². The standard InChI is InChI=1S/C24H24N2O5/c1-28-20-12-19(13-21(14-20)29-2)24(27)26-25-15-18-9-10-22(23(11-18)30-3)31-16-17-7-5-4-6-8-17/h4-15H,16H2,1-3H3,(H,26,27)/b25-15+. The molecule has 0 saturated carbocycles. The second kappa shape index (κ2) is 10.7. The monoisotopic (exact) mass is 420 g/mol. The SMILES string of the molecule is COc1cc(OC)cc(C(=O)N/N=C/c2ccc(OCc3ccccc3)c(OC)c2)c1. The first-order valence-electron chi connectivity index (χ1n) is 9.54. The van der Waals surface area contributed by atoms with Crippen molar-refractivity contribution in [1.82, 2.24) is 5.43 Å². The summed E-state index contributed by atoms with van der Waals surface area (Å²) in [4.78, 5) is 12.4. The van der Waals surface area contributed by atoms with E-state index in [2.05, 4.69) is 10.5 Å². The van der Waals surface area contributed by atoms with E-state index in [4.69, 9.17) is 18.9 Å². The summed E-state index contributed by atoms with van der Waals surface area (Å²) in [6.07, 6.45) is 1.53. The van der Waals surface area contributed by atoms with Gasteiger partial charge in [-0.1, -0.05) is 30.3 Å². The average molecular weight is 420 g/mol. The Labute approximate surface area is 181 Å². The van der Waals surface area contributed by atoms with Gasteiger partial charge in [0.2, 0.25) is 0 Å². The molecule has 7 nitrogen and oxygen atoms in total. The lowest BCUT2D eigenvalue weighted by Gasteiger charge is -2.11. The lowest BCUT2D eigenvalue weighted by atomic mass is 10.2. The first kappa shape index (κ1) is 21.7. The molecule has 0 atom stereocenters. The summed E-state index contributed by atoms with van der Waals surface area (Å²) in [5.41, 5.74) is 4.67. The molecule has 0 spiro atoms. The van der Waals surface area contributed by atoms with E-state index in [0.29, 0.717) is 35.2 Å². The lowest BCUT2D eigenvalue weighted by molar-refractivity contribution is 0.0954. The smallest absolute Gasteiger partial charge is 0.271 e. The summed E-state index contributed by atoms with van der Waals surface area (Å²) in [5, 5.41) is 4.03. The molecule has 1 amide bonds. The third-order valence-electron chi connectivity index (χ3n) is 4.42. The van der Waals surface area contributed by atoms with E-state index in [-0.39, 0.29) is 5.91 Å². The van der Waals surface area contributed by atoms with Crippen LogP contribution in [0.1, 0.15) is 21.5 Å². The van der Waals surface area contributed by atoms with Crippen molar-refractivity contribution in [3.63, 3.8) is 0 Å². The Morgan fingerprint density at radius 2 is 1.58 bits per heavy atom. The van der Waals surface area contributed by atoms with Crippen molar-refractivity contribution in [3.8, 4) is 23.0 Å². The molecule has 3 aromatic rings. The highest BCUT2D eigenvalue weighted by atomic mass is 16.5. The second-order valence-electron chi connectivity index (χ2n) is 6.49. The molecule has 0 fully saturated rings. The van der Waals surface area contributed by atoms with Gasteiger partial charge in [0, 0.05) is 11.6 Å². The number of hydrogen-bond acceptors (Lipinski definition) is 6. The van der Waals surface area contributed by atoms with Gasteiger partial charge in [-0.05, 0) is 41.5 Å². The first-order chi connectivity index (χ1) is 15.1. The molecule has 1 N–H and O–H groups in total. The number of nitrogens with zero attached hydrogens (tertiary/aromatic N) is 1. The van der Waals surface area contributed by atoms with Crippen LogP contribution in [0.15, 0.2) is 71.8 Å². The van der Waals surface area contributed by atoms with Crippen LogP contribution in [0.3, 0.4) is 0 Å². The minimum Gasteiger partial charge on any atom is -0.497 e. The topological polar surface area (TPSA) is 78.4 Å². The van der Waals surface area contributed by atoms with Gasteiger partial charge in [0.15, 0.2) is 11.5 Å². The minimum atomic E-state index is -0.386. The van der Waals surface area contributed by atoms with Gasteiger partial charge in [-0.3, -0.25) is 4.79 Å². The second-order valence-corrected chi connectivity index (χ2v) is 6.49. The van der Waals surface area contributed by atoms with E-state index in [1.165, 1.54) is 20.4 Å². The maximum atomic E-state index is 12.4. The van der Waals surface area contributed by atoms with Gasteiger partial charge in [-0.15, -0.1) is 0 Å². The predicted molar refractivity (Wildman–Crippen MR) is 118 cm³/mol.